The average Bonchev–Trinajstić information content (AvgIpc) is 3.26. The number of aliphatic carboxylic acids is 1. The summed E-state index contributed by atoms with van der Waals surface area (Å²) in [5, 5.41) is 12.8. The fourth-order valence-electron chi connectivity index (χ4n) is 2.61. The summed E-state index contributed by atoms with van der Waals surface area (Å²) in [4.78, 5) is 28.3. The van der Waals surface area contributed by atoms with Gasteiger partial charge in [-0.3, -0.25) is 9.59 Å². The van der Waals surface area contributed by atoms with Gasteiger partial charge in [0, 0.05) is 13.0 Å². The molecule has 0 aliphatic heterocycles. The van der Waals surface area contributed by atoms with Crippen LogP contribution in [0.5, 0.6) is 0 Å². The molecule has 5 nitrogen and oxygen atoms in total. The molecule has 1 aliphatic carbocycles. The molecule has 0 radical (unpaired) electrons. The zero-order valence-electron chi connectivity index (χ0n) is 13.5. The molecule has 1 aliphatic rings. The molecule has 6 heteroatoms. The first-order chi connectivity index (χ1) is 11.5. The summed E-state index contributed by atoms with van der Waals surface area (Å²) in [7, 11) is 0. The Balaban J connectivity index is 1.60. The van der Waals surface area contributed by atoms with Crippen molar-refractivity contribution in [2.45, 2.75) is 39.2 Å². The Morgan fingerprint density at radius 2 is 2.08 bits per heavy atom. The third kappa shape index (κ3) is 4.41. The maximum Gasteiger partial charge on any atom is 0.307 e. The summed E-state index contributed by atoms with van der Waals surface area (Å²) in [5.41, 5.74) is 2.41. The molecule has 1 amide bonds. The van der Waals surface area contributed by atoms with Crippen molar-refractivity contribution >= 4 is 23.2 Å². The van der Waals surface area contributed by atoms with Gasteiger partial charge in [-0.2, -0.15) is 0 Å². The predicted molar refractivity (Wildman–Crippen MR) is 92.2 cm³/mol. The normalized spacial score (nSPS) is 13.7. The molecule has 0 atom stereocenters. The highest BCUT2D eigenvalue weighted by molar-refractivity contribution is 7.13. The summed E-state index contributed by atoms with van der Waals surface area (Å²) >= 11 is 1.48. The average molecular weight is 344 g/mol. The molecule has 24 heavy (non-hydrogen) atoms. The lowest BCUT2D eigenvalue weighted by molar-refractivity contribution is -0.136. The highest BCUT2D eigenvalue weighted by Crippen LogP contribution is 2.34. The lowest BCUT2D eigenvalue weighted by Crippen LogP contribution is -2.22. The second kappa shape index (κ2) is 7.13. The van der Waals surface area contributed by atoms with Crippen molar-refractivity contribution in [3.05, 3.63) is 51.0 Å². The molecule has 1 aromatic carbocycles. The number of amides is 1. The number of aryl methyl sites for hydroxylation is 1. The molecule has 0 spiro atoms. The van der Waals surface area contributed by atoms with Crippen LogP contribution in [0, 0.1) is 12.8 Å². The lowest BCUT2D eigenvalue weighted by atomic mass is 10.1. The first-order valence-corrected chi connectivity index (χ1v) is 8.87. The standard InChI is InChI=1S/C18H20N2O3S/c1-11-17(24-15(20-11)8-12-5-6-12)18(23)19-10-14-4-2-3-13(7-14)9-16(21)22/h2-4,7,12H,5-6,8-10H2,1H3,(H,19,23)(H,21,22). The quantitative estimate of drug-likeness (QED) is 0.809. The van der Waals surface area contributed by atoms with Gasteiger partial charge in [0.25, 0.3) is 5.91 Å². The maximum absolute atomic E-state index is 12.4. The molecule has 0 bridgehead atoms. The number of carbonyl (C=O) groups is 2. The van der Waals surface area contributed by atoms with Crippen LogP contribution >= 0.6 is 11.3 Å². The molecular formula is C18H20N2O3S. The van der Waals surface area contributed by atoms with E-state index in [1.165, 1.54) is 24.2 Å². The number of nitrogens with zero attached hydrogens (tertiary/aromatic N) is 1. The Labute approximate surface area is 144 Å². The van der Waals surface area contributed by atoms with Crippen LogP contribution in [0.2, 0.25) is 0 Å². The van der Waals surface area contributed by atoms with Crippen LogP contribution in [0.3, 0.4) is 0 Å². The van der Waals surface area contributed by atoms with Crippen molar-refractivity contribution in [3.8, 4) is 0 Å². The molecular weight excluding hydrogens is 324 g/mol. The van der Waals surface area contributed by atoms with E-state index in [1.54, 1.807) is 6.07 Å². The first-order valence-electron chi connectivity index (χ1n) is 8.05. The van der Waals surface area contributed by atoms with Crippen LogP contribution < -0.4 is 5.32 Å². The van der Waals surface area contributed by atoms with Crippen LogP contribution in [-0.2, 0) is 24.2 Å². The van der Waals surface area contributed by atoms with Crippen LogP contribution in [-0.4, -0.2) is 22.0 Å². The first kappa shape index (κ1) is 16.6. The molecule has 0 unspecified atom stereocenters. The second-order valence-electron chi connectivity index (χ2n) is 6.24. The van der Waals surface area contributed by atoms with Gasteiger partial charge in [0.05, 0.1) is 17.1 Å². The smallest absolute Gasteiger partial charge is 0.307 e. The number of carbonyl (C=O) groups excluding carboxylic acids is 1. The number of rotatable bonds is 7. The minimum atomic E-state index is -0.861. The van der Waals surface area contributed by atoms with Crippen LogP contribution in [0.1, 0.15) is 44.3 Å². The molecule has 1 fully saturated rings. The molecule has 2 N–H and O–H groups in total. The zero-order valence-corrected chi connectivity index (χ0v) is 14.4. The molecule has 126 valence electrons. The summed E-state index contributed by atoms with van der Waals surface area (Å²) in [5.74, 6) is -0.223. The number of benzene rings is 1. The van der Waals surface area contributed by atoms with Gasteiger partial charge in [-0.05, 0) is 36.8 Å². The third-order valence-electron chi connectivity index (χ3n) is 4.01. The Morgan fingerprint density at radius 1 is 1.33 bits per heavy atom. The number of thiazole rings is 1. The van der Waals surface area contributed by atoms with Gasteiger partial charge in [-0.15, -0.1) is 11.3 Å². The van der Waals surface area contributed by atoms with Gasteiger partial charge >= 0.3 is 5.97 Å². The van der Waals surface area contributed by atoms with Gasteiger partial charge in [0.1, 0.15) is 4.88 Å². The van der Waals surface area contributed by atoms with Crippen molar-refractivity contribution in [2.24, 2.45) is 5.92 Å². The van der Waals surface area contributed by atoms with E-state index in [1.807, 2.05) is 25.1 Å². The predicted octanol–water partition coefficient (Wildman–Crippen LogP) is 2.96. The number of carboxylic acids is 1. The number of hydrogen-bond acceptors (Lipinski definition) is 4. The molecule has 1 heterocycles. The van der Waals surface area contributed by atoms with E-state index in [0.29, 0.717) is 11.4 Å². The fraction of sp³-hybridized carbons (Fsp3) is 0.389. The van der Waals surface area contributed by atoms with E-state index in [0.717, 1.165) is 34.2 Å². The van der Waals surface area contributed by atoms with Gasteiger partial charge in [0.15, 0.2) is 0 Å². The summed E-state index contributed by atoms with van der Waals surface area (Å²) in [6, 6.07) is 7.28. The Kier molecular flexibility index (Phi) is 4.94. The summed E-state index contributed by atoms with van der Waals surface area (Å²) in [6.45, 7) is 2.25. The van der Waals surface area contributed by atoms with E-state index in [-0.39, 0.29) is 12.3 Å². The van der Waals surface area contributed by atoms with Crippen molar-refractivity contribution in [1.29, 1.82) is 0 Å². The second-order valence-corrected chi connectivity index (χ2v) is 7.33. The Morgan fingerprint density at radius 3 is 2.79 bits per heavy atom. The van der Waals surface area contributed by atoms with E-state index in [2.05, 4.69) is 10.3 Å². The van der Waals surface area contributed by atoms with Crippen LogP contribution in [0.25, 0.3) is 0 Å². The van der Waals surface area contributed by atoms with E-state index >= 15 is 0 Å². The highest BCUT2D eigenvalue weighted by Gasteiger charge is 2.24. The van der Waals surface area contributed by atoms with E-state index < -0.39 is 5.97 Å². The Bertz CT molecular complexity index is 765. The van der Waals surface area contributed by atoms with Gasteiger partial charge < -0.3 is 10.4 Å². The largest absolute Gasteiger partial charge is 0.481 e. The van der Waals surface area contributed by atoms with Crippen molar-refractivity contribution in [3.63, 3.8) is 0 Å². The molecule has 2 aromatic rings. The van der Waals surface area contributed by atoms with Crippen molar-refractivity contribution in [2.75, 3.05) is 0 Å². The number of nitrogens with one attached hydrogen (secondary N) is 1. The van der Waals surface area contributed by atoms with Gasteiger partial charge in [-0.25, -0.2) is 4.98 Å². The highest BCUT2D eigenvalue weighted by atomic mass is 32.1. The zero-order chi connectivity index (χ0) is 17.1. The maximum atomic E-state index is 12.4. The third-order valence-corrected chi connectivity index (χ3v) is 5.19. The Hall–Kier alpha value is -2.21. The summed E-state index contributed by atoms with van der Waals surface area (Å²) in [6.07, 6.45) is 3.51. The lowest BCUT2D eigenvalue weighted by Gasteiger charge is -2.06. The molecule has 1 aromatic heterocycles. The van der Waals surface area contributed by atoms with Crippen molar-refractivity contribution < 1.29 is 14.7 Å². The fourth-order valence-corrected chi connectivity index (χ4v) is 3.70. The van der Waals surface area contributed by atoms with Crippen molar-refractivity contribution in [1.82, 2.24) is 10.3 Å². The van der Waals surface area contributed by atoms with Crippen LogP contribution in [0.4, 0.5) is 0 Å². The minimum Gasteiger partial charge on any atom is -0.481 e. The number of carboxylic acid groups (broad SMARTS) is 1. The number of hydrogen-bond donors (Lipinski definition) is 2. The van der Waals surface area contributed by atoms with E-state index in [4.69, 9.17) is 5.11 Å². The molecule has 3 rings (SSSR count). The summed E-state index contributed by atoms with van der Waals surface area (Å²) < 4.78 is 0. The SMILES string of the molecule is Cc1nc(CC2CC2)sc1C(=O)NCc1cccc(CC(=O)O)c1. The van der Waals surface area contributed by atoms with E-state index in [9.17, 15) is 9.59 Å². The monoisotopic (exact) mass is 344 g/mol. The number of aromatic nitrogens is 1. The molecule has 1 saturated carbocycles. The van der Waals surface area contributed by atoms with Gasteiger partial charge in [0.2, 0.25) is 0 Å². The van der Waals surface area contributed by atoms with Gasteiger partial charge in [-0.1, -0.05) is 24.3 Å². The minimum absolute atomic E-state index is 0.0136. The van der Waals surface area contributed by atoms with Crippen LogP contribution in [0.15, 0.2) is 24.3 Å². The molecule has 0 saturated heterocycles. The topological polar surface area (TPSA) is 79.3 Å².